The van der Waals surface area contributed by atoms with Crippen LogP contribution in [-0.4, -0.2) is 26.5 Å². The van der Waals surface area contributed by atoms with Crippen molar-refractivity contribution in [1.82, 2.24) is 0 Å². The summed E-state index contributed by atoms with van der Waals surface area (Å²) in [5, 5.41) is 6.23. The van der Waals surface area contributed by atoms with Crippen molar-refractivity contribution in [2.45, 2.75) is 6.92 Å². The van der Waals surface area contributed by atoms with E-state index in [2.05, 4.69) is 10.1 Å². The summed E-state index contributed by atoms with van der Waals surface area (Å²) < 4.78 is 0. The van der Waals surface area contributed by atoms with Crippen molar-refractivity contribution in [3.8, 4) is 0 Å². The monoisotopic (exact) mass is 241 g/mol. The van der Waals surface area contributed by atoms with E-state index in [9.17, 15) is 0 Å². The fourth-order valence-electron chi connectivity index (χ4n) is 1.36. The summed E-state index contributed by atoms with van der Waals surface area (Å²) in [4.78, 5) is 3.93. The molecule has 0 saturated heterocycles. The standard InChI is InChI=1S/C15H19N3/c1-4-8-14(11-12-16-2)13-17-18(3)15-9-6-5-7-10-15/h4-13H,1-3H3/b8-4-,14-11+,16-12?,17-13?. The molecule has 1 rings (SSSR count). The Morgan fingerprint density at radius 3 is 2.56 bits per heavy atom. The third kappa shape index (κ3) is 4.78. The second-order valence-corrected chi connectivity index (χ2v) is 3.68. The highest BCUT2D eigenvalue weighted by molar-refractivity contribution is 5.89. The number of hydrazone groups is 1. The molecule has 0 atom stereocenters. The number of para-hydroxylation sites is 1. The summed E-state index contributed by atoms with van der Waals surface area (Å²) in [7, 11) is 3.67. The minimum Gasteiger partial charge on any atom is -0.296 e. The number of anilines is 1. The second-order valence-electron chi connectivity index (χ2n) is 3.68. The van der Waals surface area contributed by atoms with Gasteiger partial charge in [-0.25, -0.2) is 0 Å². The topological polar surface area (TPSA) is 28.0 Å². The number of allylic oxidation sites excluding steroid dienone is 4. The number of rotatable bonds is 5. The summed E-state index contributed by atoms with van der Waals surface area (Å²) in [5.41, 5.74) is 2.06. The van der Waals surface area contributed by atoms with E-state index in [1.165, 1.54) is 0 Å². The molecule has 1 aromatic rings. The third-order valence-corrected chi connectivity index (χ3v) is 2.29. The van der Waals surface area contributed by atoms with Gasteiger partial charge in [0.15, 0.2) is 0 Å². The van der Waals surface area contributed by atoms with Gasteiger partial charge >= 0.3 is 0 Å². The smallest absolute Gasteiger partial charge is 0.0590 e. The van der Waals surface area contributed by atoms with Gasteiger partial charge in [0.25, 0.3) is 0 Å². The first-order valence-electron chi connectivity index (χ1n) is 5.86. The van der Waals surface area contributed by atoms with Gasteiger partial charge in [-0.15, -0.1) is 0 Å². The average Bonchev–Trinajstić information content (AvgIpc) is 2.42. The van der Waals surface area contributed by atoms with Gasteiger partial charge in [0.2, 0.25) is 0 Å². The molecule has 0 bridgehead atoms. The second kappa shape index (κ2) is 8.01. The number of nitrogens with zero attached hydrogens (tertiary/aromatic N) is 3. The molecule has 0 N–H and O–H groups in total. The average molecular weight is 241 g/mol. The van der Waals surface area contributed by atoms with Crippen LogP contribution >= 0.6 is 0 Å². The van der Waals surface area contributed by atoms with Gasteiger partial charge in [0, 0.05) is 20.3 Å². The summed E-state index contributed by atoms with van der Waals surface area (Å²) in [6.45, 7) is 1.98. The molecule has 0 saturated carbocycles. The Bertz CT molecular complexity index is 456. The molecular formula is C15H19N3. The molecule has 0 aromatic heterocycles. The Kier molecular flexibility index (Phi) is 6.19. The molecular weight excluding hydrogens is 222 g/mol. The van der Waals surface area contributed by atoms with E-state index in [-0.39, 0.29) is 0 Å². The van der Waals surface area contributed by atoms with Gasteiger partial charge in [-0.05, 0) is 30.7 Å². The first-order valence-corrected chi connectivity index (χ1v) is 5.86. The van der Waals surface area contributed by atoms with Crippen molar-refractivity contribution in [2.24, 2.45) is 10.1 Å². The SMILES string of the molecule is C/C=C\C(C=NN(C)c1ccccc1)=C/C=NC. The lowest BCUT2D eigenvalue weighted by molar-refractivity contribution is 1.02. The zero-order valence-electron chi connectivity index (χ0n) is 11.1. The van der Waals surface area contributed by atoms with Crippen LogP contribution in [0.5, 0.6) is 0 Å². The van der Waals surface area contributed by atoms with E-state index in [1.54, 1.807) is 13.3 Å². The molecule has 0 spiro atoms. The normalized spacial score (nSPS) is 12.9. The molecule has 3 heteroatoms. The van der Waals surface area contributed by atoms with Crippen molar-refractivity contribution >= 4 is 18.1 Å². The van der Waals surface area contributed by atoms with Gasteiger partial charge in [0.1, 0.15) is 0 Å². The van der Waals surface area contributed by atoms with Crippen LogP contribution in [0.2, 0.25) is 0 Å². The number of aliphatic imine (C=N–C) groups is 1. The number of hydrogen-bond donors (Lipinski definition) is 0. The largest absolute Gasteiger partial charge is 0.296 e. The van der Waals surface area contributed by atoms with E-state index < -0.39 is 0 Å². The first kappa shape index (κ1) is 13.9. The maximum absolute atomic E-state index is 4.39. The lowest BCUT2D eigenvalue weighted by atomic mass is 10.2. The fourth-order valence-corrected chi connectivity index (χ4v) is 1.36. The lowest BCUT2D eigenvalue weighted by Gasteiger charge is -2.12. The van der Waals surface area contributed by atoms with E-state index in [1.807, 2.05) is 73.8 Å². The van der Waals surface area contributed by atoms with Crippen LogP contribution in [0.4, 0.5) is 5.69 Å². The van der Waals surface area contributed by atoms with E-state index in [0.29, 0.717) is 0 Å². The highest BCUT2D eigenvalue weighted by Gasteiger charge is 1.95. The van der Waals surface area contributed by atoms with Gasteiger partial charge in [0.05, 0.1) is 11.9 Å². The van der Waals surface area contributed by atoms with Crippen molar-refractivity contribution in [2.75, 3.05) is 19.1 Å². The molecule has 0 amide bonds. The van der Waals surface area contributed by atoms with Crippen LogP contribution in [0.1, 0.15) is 6.92 Å². The molecule has 3 nitrogen and oxygen atoms in total. The summed E-state index contributed by atoms with van der Waals surface area (Å²) in [5.74, 6) is 0. The predicted octanol–water partition coefficient (Wildman–Crippen LogP) is 3.31. The van der Waals surface area contributed by atoms with Crippen LogP contribution in [-0.2, 0) is 0 Å². The molecule has 0 unspecified atom stereocenters. The Morgan fingerprint density at radius 2 is 1.94 bits per heavy atom. The maximum Gasteiger partial charge on any atom is 0.0590 e. The van der Waals surface area contributed by atoms with Crippen LogP contribution < -0.4 is 5.01 Å². The van der Waals surface area contributed by atoms with Crippen molar-refractivity contribution in [1.29, 1.82) is 0 Å². The zero-order chi connectivity index (χ0) is 13.2. The van der Waals surface area contributed by atoms with Crippen molar-refractivity contribution < 1.29 is 0 Å². The van der Waals surface area contributed by atoms with Crippen LogP contribution in [0.15, 0.2) is 64.2 Å². The van der Waals surface area contributed by atoms with Crippen molar-refractivity contribution in [3.63, 3.8) is 0 Å². The minimum atomic E-state index is 1.01. The molecule has 18 heavy (non-hydrogen) atoms. The van der Waals surface area contributed by atoms with E-state index in [4.69, 9.17) is 0 Å². The summed E-state index contributed by atoms with van der Waals surface area (Å²) >= 11 is 0. The lowest BCUT2D eigenvalue weighted by Crippen LogP contribution is -2.08. The van der Waals surface area contributed by atoms with E-state index >= 15 is 0 Å². The van der Waals surface area contributed by atoms with Gasteiger partial charge in [-0.1, -0.05) is 30.4 Å². The fraction of sp³-hybridized carbons (Fsp3) is 0.200. The summed E-state index contributed by atoms with van der Waals surface area (Å²) in [6, 6.07) is 10.0. The Labute approximate surface area is 109 Å². The van der Waals surface area contributed by atoms with Gasteiger partial charge in [-0.3, -0.25) is 10.0 Å². The van der Waals surface area contributed by atoms with Crippen LogP contribution in [0.3, 0.4) is 0 Å². The Morgan fingerprint density at radius 1 is 1.22 bits per heavy atom. The van der Waals surface area contributed by atoms with E-state index in [0.717, 1.165) is 11.3 Å². The molecule has 0 aliphatic heterocycles. The quantitative estimate of drug-likeness (QED) is 0.441. The molecule has 1 aromatic carbocycles. The molecule has 94 valence electrons. The highest BCUT2D eigenvalue weighted by atomic mass is 15.4. The van der Waals surface area contributed by atoms with Crippen molar-refractivity contribution in [3.05, 3.63) is 54.1 Å². The third-order valence-electron chi connectivity index (χ3n) is 2.29. The Balaban J connectivity index is 2.78. The van der Waals surface area contributed by atoms with Crippen LogP contribution in [0.25, 0.3) is 0 Å². The number of benzene rings is 1. The highest BCUT2D eigenvalue weighted by Crippen LogP contribution is 2.10. The maximum atomic E-state index is 4.39. The molecule has 0 radical (unpaired) electrons. The zero-order valence-corrected chi connectivity index (χ0v) is 11.1. The van der Waals surface area contributed by atoms with Crippen LogP contribution in [0, 0.1) is 0 Å². The minimum absolute atomic E-state index is 1.01. The Hall–Kier alpha value is -2.16. The predicted molar refractivity (Wildman–Crippen MR) is 80.7 cm³/mol. The first-order chi connectivity index (χ1) is 8.77. The number of hydrogen-bond acceptors (Lipinski definition) is 3. The molecule has 0 aliphatic rings. The summed E-state index contributed by atoms with van der Waals surface area (Å²) in [6.07, 6.45) is 9.45. The molecule has 0 heterocycles. The molecule has 0 aliphatic carbocycles. The van der Waals surface area contributed by atoms with Gasteiger partial charge in [-0.2, -0.15) is 5.10 Å². The van der Waals surface area contributed by atoms with Gasteiger partial charge < -0.3 is 0 Å². The molecule has 0 fully saturated rings.